The molecule has 0 aliphatic rings. The monoisotopic (exact) mass is 232 g/mol. The fourth-order valence-electron chi connectivity index (χ4n) is 0. The van der Waals surface area contributed by atoms with E-state index >= 15 is 0 Å². The van der Waals surface area contributed by atoms with Crippen molar-refractivity contribution in [1.29, 1.82) is 21.0 Å². The molecule has 40 valence electrons. The molecule has 6 heteroatoms. The van der Waals surface area contributed by atoms with Crippen molar-refractivity contribution >= 4 is 0 Å². The molecule has 0 aliphatic heterocycles. The minimum atomic E-state index is 0. The number of nitrogens with zero attached hydrogens (tertiary/aromatic N) is 4. The van der Waals surface area contributed by atoms with Crippen LogP contribution in [0, 0.1) is 47.3 Å². The predicted molar refractivity (Wildman–Crippen MR) is 19.9 cm³/mol. The van der Waals surface area contributed by atoms with Crippen LogP contribution in [0.3, 0.4) is 0 Å². The first-order valence-corrected chi connectivity index (χ1v) is 0.894. The van der Waals surface area contributed by atoms with Crippen LogP contribution in [-0.4, -0.2) is 0 Å². The normalized spacial score (nSPS) is 0.800. The van der Waals surface area contributed by atoms with Gasteiger partial charge in [0.05, 0.1) is 0 Å². The summed E-state index contributed by atoms with van der Waals surface area (Å²) in [6.07, 6.45) is 0. The van der Waals surface area contributed by atoms with Crippen LogP contribution in [0.5, 0.6) is 0 Å². The first-order valence-electron chi connectivity index (χ1n) is 0.894. The minimum Gasteiger partial charge on any atom is -0.512 e. The van der Waals surface area contributed by atoms with Crippen molar-refractivity contribution in [2.45, 2.75) is 0 Å². The van der Waals surface area contributed by atoms with Gasteiger partial charge in [-0.15, -0.1) is 0 Å². The van der Waals surface area contributed by atoms with E-state index in [4.69, 9.17) is 47.3 Å². The van der Waals surface area contributed by atoms with Crippen molar-refractivity contribution in [2.75, 3.05) is 0 Å². The van der Waals surface area contributed by atoms with Crippen molar-refractivity contribution < 1.29 is 39.0 Å². The molecule has 0 aliphatic carbocycles. The van der Waals surface area contributed by atoms with Crippen molar-refractivity contribution in [1.82, 2.24) is 0 Å². The quantitative estimate of drug-likeness (QED) is 0.447. The number of hydrogen-bond acceptors (Lipinski definition) is 4. The number of rotatable bonds is 0. The largest absolute Gasteiger partial charge is 2.00 e. The molecule has 0 bridgehead atoms. The van der Waals surface area contributed by atoms with Crippen LogP contribution in [0.2, 0.25) is 0 Å². The summed E-state index contributed by atoms with van der Waals surface area (Å²) in [4.78, 5) is 0. The topological polar surface area (TPSA) is 95.2 Å². The third kappa shape index (κ3) is 441. The molecule has 0 aromatic rings. The van der Waals surface area contributed by atoms with Gasteiger partial charge in [0.2, 0.25) is 0 Å². The van der Waals surface area contributed by atoms with Gasteiger partial charge in [-0.25, -0.2) is 0 Å². The number of hydrogen-bond donors (Lipinski definition) is 0. The van der Waals surface area contributed by atoms with Crippen molar-refractivity contribution in [3.63, 3.8) is 0 Å². The van der Waals surface area contributed by atoms with E-state index in [2.05, 4.69) is 0 Å². The van der Waals surface area contributed by atoms with Gasteiger partial charge in [0, 0.05) is 0 Å². The Labute approximate surface area is 86.2 Å². The zero-order chi connectivity index (χ0) is 8.00. The molecule has 10 heavy (non-hydrogen) atoms. The summed E-state index contributed by atoms with van der Waals surface area (Å²) < 4.78 is 0. The average Bonchev–Trinajstić information content (AvgIpc) is 2.03. The second kappa shape index (κ2) is 677. The van der Waals surface area contributed by atoms with E-state index in [-0.39, 0.29) is 39.0 Å². The average molecular weight is 235 g/mol. The molecular formula is C4N4Zn2. The van der Waals surface area contributed by atoms with Crippen LogP contribution in [0.4, 0.5) is 0 Å². The van der Waals surface area contributed by atoms with E-state index in [9.17, 15) is 0 Å². The van der Waals surface area contributed by atoms with Crippen molar-refractivity contribution in [2.24, 2.45) is 0 Å². The molecule has 4 nitrogen and oxygen atoms in total. The summed E-state index contributed by atoms with van der Waals surface area (Å²) in [6, 6.07) is 0. The molecule has 0 rings (SSSR count). The molecule has 0 unspecified atom stereocenters. The maximum atomic E-state index is 6.25. The van der Waals surface area contributed by atoms with Crippen LogP contribution in [0.15, 0.2) is 0 Å². The van der Waals surface area contributed by atoms with Gasteiger partial charge in [-0.1, -0.05) is 0 Å². The Hall–Kier alpha value is -0.793. The Morgan fingerprint density at radius 3 is 0.400 bits per heavy atom. The van der Waals surface area contributed by atoms with Gasteiger partial charge < -0.3 is 47.3 Å². The Balaban J connectivity index is -0.00000000500. The van der Waals surface area contributed by atoms with Gasteiger partial charge in [0.15, 0.2) is 0 Å². The Morgan fingerprint density at radius 1 is 0.400 bits per heavy atom. The van der Waals surface area contributed by atoms with Gasteiger partial charge in [-0.2, -0.15) is 0 Å². The van der Waals surface area contributed by atoms with E-state index in [1.54, 1.807) is 0 Å². The van der Waals surface area contributed by atoms with Gasteiger partial charge in [-0.05, 0) is 0 Å². The van der Waals surface area contributed by atoms with Crippen LogP contribution in [-0.2, 0) is 39.0 Å². The summed E-state index contributed by atoms with van der Waals surface area (Å²) >= 11 is 0. The fourth-order valence-corrected chi connectivity index (χ4v) is 0. The third-order valence-corrected chi connectivity index (χ3v) is 0. The van der Waals surface area contributed by atoms with Crippen molar-refractivity contribution in [3.8, 4) is 0 Å². The van der Waals surface area contributed by atoms with E-state index in [1.807, 2.05) is 0 Å². The second-order valence-electron chi connectivity index (χ2n) is 0. The molecule has 0 saturated carbocycles. The molecule has 0 fully saturated rings. The minimum absolute atomic E-state index is 0. The molecular weight excluding hydrogens is 235 g/mol. The predicted octanol–water partition coefficient (Wildman–Crippen LogP) is 0.380. The van der Waals surface area contributed by atoms with Gasteiger partial charge in [0.25, 0.3) is 0 Å². The van der Waals surface area contributed by atoms with Crippen molar-refractivity contribution in [3.05, 3.63) is 26.3 Å². The van der Waals surface area contributed by atoms with E-state index < -0.39 is 0 Å². The zero-order valence-corrected chi connectivity index (χ0v) is 11.1. The smallest absolute Gasteiger partial charge is 0.512 e. The second-order valence-corrected chi connectivity index (χ2v) is 0. The van der Waals surface area contributed by atoms with E-state index in [0.717, 1.165) is 0 Å². The zero-order valence-electron chi connectivity index (χ0n) is 5.20. The first-order chi connectivity index (χ1) is 4.00. The standard InChI is InChI=1S/4CN.2Zn/c4*1-2;;/q4*-1;2*+2. The first kappa shape index (κ1) is 60.3. The fraction of sp³-hybridized carbons (Fsp3) is 0. The molecule has 0 amide bonds. The molecule has 0 spiro atoms. The van der Waals surface area contributed by atoms with Gasteiger partial charge in [0.1, 0.15) is 0 Å². The van der Waals surface area contributed by atoms with E-state index in [0.29, 0.717) is 0 Å². The molecule has 0 atom stereocenters. The van der Waals surface area contributed by atoms with Crippen LogP contribution in [0.25, 0.3) is 0 Å². The third-order valence-electron chi connectivity index (χ3n) is 0. The Bertz CT molecular complexity index is 58.2. The molecule has 0 heterocycles. The van der Waals surface area contributed by atoms with E-state index in [1.165, 1.54) is 0 Å². The molecule has 0 aromatic carbocycles. The Morgan fingerprint density at radius 2 is 0.400 bits per heavy atom. The molecule has 0 N–H and O–H groups in total. The SMILES string of the molecule is [C-]#N.[C-]#N.[C-]#N.[C-]#N.[Zn+2].[Zn+2]. The van der Waals surface area contributed by atoms with Crippen LogP contribution < -0.4 is 0 Å². The molecule has 0 radical (unpaired) electrons. The Kier molecular flexibility index (Phi) is 4080. The molecule has 0 aromatic heterocycles. The van der Waals surface area contributed by atoms with Crippen LogP contribution in [0.1, 0.15) is 0 Å². The van der Waals surface area contributed by atoms with Crippen LogP contribution >= 0.6 is 0 Å². The summed E-state index contributed by atoms with van der Waals surface area (Å²) in [5.74, 6) is 0. The molecule has 0 saturated heterocycles. The maximum absolute atomic E-state index is 6.25. The maximum Gasteiger partial charge on any atom is 2.00 e. The summed E-state index contributed by atoms with van der Waals surface area (Å²) in [5.41, 5.74) is 0. The summed E-state index contributed by atoms with van der Waals surface area (Å²) in [7, 11) is 0. The van der Waals surface area contributed by atoms with Gasteiger partial charge in [-0.3, -0.25) is 0 Å². The summed E-state index contributed by atoms with van der Waals surface area (Å²) in [6.45, 7) is 19.0. The summed E-state index contributed by atoms with van der Waals surface area (Å²) in [5, 5.41) is 25.0. The van der Waals surface area contributed by atoms with Gasteiger partial charge >= 0.3 is 39.0 Å².